The molecule has 0 spiro atoms. The smallest absolute Gasteiger partial charge is 0.241 e. The molecule has 0 aromatic heterocycles. The van der Waals surface area contributed by atoms with Crippen LogP contribution in [-0.4, -0.2) is 27.2 Å². The number of carbonyl (C=O) groups is 1. The first-order valence-electron chi connectivity index (χ1n) is 8.24. The van der Waals surface area contributed by atoms with Gasteiger partial charge in [0.2, 0.25) is 22.7 Å². The van der Waals surface area contributed by atoms with E-state index in [0.29, 0.717) is 16.5 Å². The lowest BCUT2D eigenvalue weighted by molar-refractivity contribution is -0.123. The maximum atomic E-state index is 12.4. The number of carbonyl (C=O) groups excluding carboxylic acids is 1. The Kier molecular flexibility index (Phi) is 5.59. The van der Waals surface area contributed by atoms with Crippen LogP contribution in [0.5, 0.6) is 11.5 Å². The van der Waals surface area contributed by atoms with Crippen molar-refractivity contribution in [2.75, 3.05) is 6.79 Å². The summed E-state index contributed by atoms with van der Waals surface area (Å²) >= 11 is 5.77. The number of rotatable bonds is 6. The van der Waals surface area contributed by atoms with E-state index < -0.39 is 22.0 Å². The largest absolute Gasteiger partial charge is 0.454 e. The number of benzene rings is 2. The molecule has 144 valence electrons. The van der Waals surface area contributed by atoms with E-state index in [1.807, 2.05) is 6.07 Å². The van der Waals surface area contributed by atoms with Gasteiger partial charge in [-0.25, -0.2) is 8.42 Å². The number of fused-ring (bicyclic) bond motifs is 1. The first-order chi connectivity index (χ1) is 12.8. The molecule has 0 saturated heterocycles. The van der Waals surface area contributed by atoms with Crippen LogP contribution in [0, 0.1) is 0 Å². The summed E-state index contributed by atoms with van der Waals surface area (Å²) in [4.78, 5) is 12.4. The standard InChI is InChI=1S/C18H19ClN2O5S/c1-11(13-3-8-16-17(9-13)26-10-25-16)20-18(22)12(2)21-27(23,24)15-6-4-14(19)5-7-15/h3-9,11-12,21H,10H2,1-2H3,(H,20,22). The Balaban J connectivity index is 1.64. The van der Waals surface area contributed by atoms with Crippen molar-refractivity contribution in [2.45, 2.75) is 30.8 Å². The summed E-state index contributed by atoms with van der Waals surface area (Å²) in [6, 6.07) is 9.79. The van der Waals surface area contributed by atoms with Crippen LogP contribution >= 0.6 is 11.6 Å². The number of ether oxygens (including phenoxy) is 2. The minimum atomic E-state index is -3.84. The molecule has 2 atom stereocenters. The van der Waals surface area contributed by atoms with Gasteiger partial charge < -0.3 is 14.8 Å². The normalized spacial score (nSPS) is 15.2. The van der Waals surface area contributed by atoms with Crippen LogP contribution in [0.25, 0.3) is 0 Å². The van der Waals surface area contributed by atoms with Crippen LogP contribution in [0.15, 0.2) is 47.4 Å². The minimum Gasteiger partial charge on any atom is -0.454 e. The fourth-order valence-electron chi connectivity index (χ4n) is 2.57. The third kappa shape index (κ3) is 4.52. The third-order valence-corrected chi connectivity index (χ3v) is 5.91. The van der Waals surface area contributed by atoms with Gasteiger partial charge in [0.15, 0.2) is 11.5 Å². The van der Waals surface area contributed by atoms with Gasteiger partial charge in [0.1, 0.15) is 0 Å². The SMILES string of the molecule is CC(NS(=O)(=O)c1ccc(Cl)cc1)C(=O)NC(C)c1ccc2c(c1)OCO2. The zero-order chi connectivity index (χ0) is 19.6. The second-order valence-electron chi connectivity index (χ2n) is 6.14. The van der Waals surface area contributed by atoms with Gasteiger partial charge in [-0.3, -0.25) is 4.79 Å². The van der Waals surface area contributed by atoms with Crippen molar-refractivity contribution in [3.63, 3.8) is 0 Å². The molecule has 27 heavy (non-hydrogen) atoms. The van der Waals surface area contributed by atoms with Crippen molar-refractivity contribution in [3.8, 4) is 11.5 Å². The molecule has 1 heterocycles. The average Bonchev–Trinajstić information content (AvgIpc) is 3.09. The quantitative estimate of drug-likeness (QED) is 0.763. The molecule has 2 aromatic rings. The second kappa shape index (κ2) is 7.75. The van der Waals surface area contributed by atoms with E-state index in [1.165, 1.54) is 31.2 Å². The number of hydrogen-bond acceptors (Lipinski definition) is 5. The fourth-order valence-corrected chi connectivity index (χ4v) is 3.90. The van der Waals surface area contributed by atoms with Crippen molar-refractivity contribution < 1.29 is 22.7 Å². The van der Waals surface area contributed by atoms with Gasteiger partial charge in [0.05, 0.1) is 17.0 Å². The molecule has 2 N–H and O–H groups in total. The predicted octanol–water partition coefficient (Wildman–Crippen LogP) is 2.61. The molecule has 0 radical (unpaired) electrons. The Hall–Kier alpha value is -2.29. The van der Waals surface area contributed by atoms with E-state index in [4.69, 9.17) is 21.1 Å². The van der Waals surface area contributed by atoms with Crippen molar-refractivity contribution >= 4 is 27.5 Å². The zero-order valence-electron chi connectivity index (χ0n) is 14.7. The summed E-state index contributed by atoms with van der Waals surface area (Å²) in [6.45, 7) is 3.45. The number of hydrogen-bond donors (Lipinski definition) is 2. The van der Waals surface area contributed by atoms with E-state index in [9.17, 15) is 13.2 Å². The highest BCUT2D eigenvalue weighted by Crippen LogP contribution is 2.34. The minimum absolute atomic E-state index is 0.0374. The number of sulfonamides is 1. The van der Waals surface area contributed by atoms with Gasteiger partial charge in [-0.15, -0.1) is 0 Å². The van der Waals surface area contributed by atoms with E-state index in [-0.39, 0.29) is 17.7 Å². The summed E-state index contributed by atoms with van der Waals surface area (Å²) in [5, 5.41) is 3.21. The molecule has 1 aliphatic rings. The number of halogens is 1. The van der Waals surface area contributed by atoms with Crippen LogP contribution < -0.4 is 19.5 Å². The predicted molar refractivity (Wildman–Crippen MR) is 100 cm³/mol. The van der Waals surface area contributed by atoms with Gasteiger partial charge in [0, 0.05) is 5.02 Å². The Bertz CT molecular complexity index is 947. The molecular weight excluding hydrogens is 392 g/mol. The summed E-state index contributed by atoms with van der Waals surface area (Å²) in [7, 11) is -3.84. The van der Waals surface area contributed by atoms with Gasteiger partial charge in [-0.05, 0) is 55.8 Å². The molecule has 9 heteroatoms. The van der Waals surface area contributed by atoms with Crippen LogP contribution in [0.2, 0.25) is 5.02 Å². The van der Waals surface area contributed by atoms with Gasteiger partial charge in [-0.1, -0.05) is 17.7 Å². The maximum absolute atomic E-state index is 12.4. The Labute approximate surface area is 162 Å². The van der Waals surface area contributed by atoms with E-state index >= 15 is 0 Å². The van der Waals surface area contributed by atoms with Crippen molar-refractivity contribution in [1.82, 2.24) is 10.0 Å². The Morgan fingerprint density at radius 3 is 2.44 bits per heavy atom. The number of nitrogens with one attached hydrogen (secondary N) is 2. The number of amides is 1. The second-order valence-corrected chi connectivity index (χ2v) is 8.29. The lowest BCUT2D eigenvalue weighted by atomic mass is 10.1. The highest BCUT2D eigenvalue weighted by atomic mass is 35.5. The highest BCUT2D eigenvalue weighted by molar-refractivity contribution is 7.89. The topological polar surface area (TPSA) is 93.7 Å². The monoisotopic (exact) mass is 410 g/mol. The Morgan fingerprint density at radius 2 is 1.74 bits per heavy atom. The highest BCUT2D eigenvalue weighted by Gasteiger charge is 2.24. The van der Waals surface area contributed by atoms with Crippen LogP contribution in [0.3, 0.4) is 0 Å². The van der Waals surface area contributed by atoms with E-state index in [2.05, 4.69) is 10.0 Å². The molecule has 7 nitrogen and oxygen atoms in total. The maximum Gasteiger partial charge on any atom is 0.241 e. The van der Waals surface area contributed by atoms with Crippen molar-refractivity contribution in [2.24, 2.45) is 0 Å². The Morgan fingerprint density at radius 1 is 1.07 bits per heavy atom. The van der Waals surface area contributed by atoms with Crippen LogP contribution in [-0.2, 0) is 14.8 Å². The zero-order valence-corrected chi connectivity index (χ0v) is 16.3. The molecular formula is C18H19ClN2O5S. The van der Waals surface area contributed by atoms with E-state index in [0.717, 1.165) is 5.56 Å². The molecule has 2 aromatic carbocycles. The van der Waals surface area contributed by atoms with Gasteiger partial charge in [-0.2, -0.15) is 4.72 Å². The summed E-state index contributed by atoms with van der Waals surface area (Å²) in [5.74, 6) is 0.823. The lowest BCUT2D eigenvalue weighted by Crippen LogP contribution is -2.45. The average molecular weight is 411 g/mol. The molecule has 3 rings (SSSR count). The van der Waals surface area contributed by atoms with Crippen LogP contribution in [0.4, 0.5) is 0 Å². The van der Waals surface area contributed by atoms with Gasteiger partial charge >= 0.3 is 0 Å². The first kappa shape index (κ1) is 19.5. The first-order valence-corrected chi connectivity index (χ1v) is 10.1. The summed E-state index contributed by atoms with van der Waals surface area (Å²) in [6.07, 6.45) is 0. The molecule has 0 saturated carbocycles. The molecule has 1 aliphatic heterocycles. The third-order valence-electron chi connectivity index (χ3n) is 4.10. The molecule has 0 aliphatic carbocycles. The lowest BCUT2D eigenvalue weighted by Gasteiger charge is -2.19. The van der Waals surface area contributed by atoms with Crippen molar-refractivity contribution in [1.29, 1.82) is 0 Å². The van der Waals surface area contributed by atoms with Crippen molar-refractivity contribution in [3.05, 3.63) is 53.1 Å². The van der Waals surface area contributed by atoms with E-state index in [1.54, 1.807) is 19.1 Å². The molecule has 1 amide bonds. The summed E-state index contributed by atoms with van der Waals surface area (Å²) < 4.78 is 37.7. The fraction of sp³-hybridized carbons (Fsp3) is 0.278. The molecule has 2 unspecified atom stereocenters. The molecule has 0 fully saturated rings. The summed E-state index contributed by atoms with van der Waals surface area (Å²) in [5.41, 5.74) is 0.820. The van der Waals surface area contributed by atoms with Crippen LogP contribution in [0.1, 0.15) is 25.5 Å². The van der Waals surface area contributed by atoms with Gasteiger partial charge in [0.25, 0.3) is 0 Å². The molecule has 0 bridgehead atoms.